The third kappa shape index (κ3) is 5.76. The van der Waals surface area contributed by atoms with Crippen molar-refractivity contribution < 1.29 is 8.85 Å². The summed E-state index contributed by atoms with van der Waals surface area (Å²) in [6.45, 7) is 22.3. The van der Waals surface area contributed by atoms with E-state index in [9.17, 15) is 0 Å². The van der Waals surface area contributed by atoms with Gasteiger partial charge in [-0.3, -0.25) is 0 Å². The van der Waals surface area contributed by atoms with Crippen LogP contribution in [0.4, 0.5) is 0 Å². The van der Waals surface area contributed by atoms with Gasteiger partial charge in [-0.05, 0) is 62.6 Å². The molecule has 0 N–H and O–H groups in total. The highest BCUT2D eigenvalue weighted by Gasteiger charge is 2.39. The zero-order valence-corrected chi connectivity index (χ0v) is 17.3. The lowest BCUT2D eigenvalue weighted by Gasteiger charge is -2.39. The van der Waals surface area contributed by atoms with Crippen LogP contribution in [0.2, 0.25) is 37.8 Å². The van der Waals surface area contributed by atoms with Crippen LogP contribution in [0.25, 0.3) is 0 Å². The molecule has 0 spiro atoms. The van der Waals surface area contributed by atoms with E-state index in [1.54, 1.807) is 0 Å². The third-order valence-corrected chi connectivity index (χ3v) is 9.72. The Balaban J connectivity index is 2.79. The smallest absolute Gasteiger partial charge is 0.242 e. The van der Waals surface area contributed by atoms with Crippen LogP contribution in [-0.2, 0) is 8.85 Å². The summed E-state index contributed by atoms with van der Waals surface area (Å²) in [5, 5.41) is 0.254. The molecule has 0 aromatic heterocycles. The van der Waals surface area contributed by atoms with Gasteiger partial charge in [0, 0.05) is 0 Å². The van der Waals surface area contributed by atoms with Crippen molar-refractivity contribution in [3.63, 3.8) is 0 Å². The van der Waals surface area contributed by atoms with Gasteiger partial charge in [-0.1, -0.05) is 33.4 Å². The molecule has 0 aromatic rings. The first-order valence-electron chi connectivity index (χ1n) is 8.09. The zero-order chi connectivity index (χ0) is 16.5. The maximum Gasteiger partial charge on any atom is 0.242 e. The van der Waals surface area contributed by atoms with Crippen LogP contribution >= 0.6 is 0 Å². The minimum absolute atomic E-state index is 0.233. The molecule has 2 nitrogen and oxygen atoms in total. The van der Waals surface area contributed by atoms with Crippen molar-refractivity contribution >= 4 is 16.6 Å². The molecule has 0 aliphatic heterocycles. The van der Waals surface area contributed by atoms with Crippen LogP contribution in [0.1, 0.15) is 40.0 Å². The summed E-state index contributed by atoms with van der Waals surface area (Å²) in [4.78, 5) is 0. The molecule has 0 heterocycles. The van der Waals surface area contributed by atoms with Gasteiger partial charge < -0.3 is 8.85 Å². The Labute approximate surface area is 133 Å². The number of hydrogen-bond donors (Lipinski definition) is 0. The lowest BCUT2D eigenvalue weighted by Crippen LogP contribution is -2.44. The van der Waals surface area contributed by atoms with E-state index in [0.29, 0.717) is 0 Å². The maximum absolute atomic E-state index is 6.53. The summed E-state index contributed by atoms with van der Waals surface area (Å²) in [6, 6.07) is 0. The van der Waals surface area contributed by atoms with Crippen molar-refractivity contribution in [2.24, 2.45) is 0 Å². The summed E-state index contributed by atoms with van der Waals surface area (Å²) >= 11 is 0. The fraction of sp³-hybridized carbons (Fsp3) is 0.765. The monoisotopic (exact) mass is 326 g/mol. The van der Waals surface area contributed by atoms with E-state index in [4.69, 9.17) is 8.85 Å². The fourth-order valence-corrected chi connectivity index (χ4v) is 4.37. The maximum atomic E-state index is 6.53. The van der Waals surface area contributed by atoms with Crippen molar-refractivity contribution in [1.29, 1.82) is 0 Å². The summed E-state index contributed by atoms with van der Waals surface area (Å²) in [5.41, 5.74) is 1.26. The van der Waals surface area contributed by atoms with Gasteiger partial charge in [0.1, 0.15) is 0 Å². The molecule has 0 radical (unpaired) electrons. The number of rotatable bonds is 5. The van der Waals surface area contributed by atoms with Crippen molar-refractivity contribution in [3.05, 3.63) is 24.0 Å². The summed E-state index contributed by atoms with van der Waals surface area (Å²) in [6.07, 6.45) is 5.86. The molecule has 0 saturated heterocycles. The van der Waals surface area contributed by atoms with Crippen LogP contribution in [0.3, 0.4) is 0 Å². The zero-order valence-electron chi connectivity index (χ0n) is 15.3. The van der Waals surface area contributed by atoms with Crippen LogP contribution in [-0.4, -0.2) is 22.7 Å². The predicted molar refractivity (Wildman–Crippen MR) is 97.6 cm³/mol. The first kappa shape index (κ1) is 18.7. The van der Waals surface area contributed by atoms with E-state index in [2.05, 4.69) is 66.2 Å². The van der Waals surface area contributed by atoms with E-state index in [1.807, 2.05) is 0 Å². The van der Waals surface area contributed by atoms with Gasteiger partial charge in [-0.15, -0.1) is 0 Å². The van der Waals surface area contributed by atoms with Crippen molar-refractivity contribution in [1.82, 2.24) is 0 Å². The second-order valence-electron chi connectivity index (χ2n) is 8.64. The Morgan fingerprint density at radius 2 is 1.76 bits per heavy atom. The van der Waals surface area contributed by atoms with Crippen molar-refractivity contribution in [3.8, 4) is 0 Å². The summed E-state index contributed by atoms with van der Waals surface area (Å²) in [5.74, 6) is 0.873. The molecule has 1 aliphatic rings. The van der Waals surface area contributed by atoms with Crippen LogP contribution in [0.15, 0.2) is 24.0 Å². The highest BCUT2D eigenvalue weighted by Crippen LogP contribution is 2.39. The van der Waals surface area contributed by atoms with Gasteiger partial charge in [-0.2, -0.15) is 0 Å². The number of allylic oxidation sites excluding steroid dienone is 1. The molecule has 1 aliphatic carbocycles. The molecule has 1 atom stereocenters. The summed E-state index contributed by atoms with van der Waals surface area (Å²) < 4.78 is 12.6. The van der Waals surface area contributed by atoms with Crippen molar-refractivity contribution in [2.75, 3.05) is 0 Å². The molecule has 0 aromatic carbocycles. The molecule has 1 rings (SSSR count). The molecular weight excluding hydrogens is 292 g/mol. The van der Waals surface area contributed by atoms with E-state index in [0.717, 1.165) is 18.6 Å². The fourth-order valence-electron chi connectivity index (χ4n) is 2.20. The van der Waals surface area contributed by atoms with Gasteiger partial charge in [0.2, 0.25) is 8.32 Å². The standard InChI is InChI=1S/C17H34O2Si2/c1-14(18-20(5,6)7)15-11-10-12-16(13-15)19-21(8,9)17(2,3)4/h13,16H,1,10-12H2,2-9H3/t16-/m0/s1. The average Bonchev–Trinajstić information content (AvgIpc) is 2.24. The molecule has 0 amide bonds. The average molecular weight is 327 g/mol. The van der Waals surface area contributed by atoms with Gasteiger partial charge in [-0.25, -0.2) is 0 Å². The Bertz CT molecular complexity index is 411. The first-order valence-corrected chi connectivity index (χ1v) is 14.4. The topological polar surface area (TPSA) is 18.5 Å². The lowest BCUT2D eigenvalue weighted by atomic mass is 9.97. The van der Waals surface area contributed by atoms with E-state index < -0.39 is 16.6 Å². The molecule has 21 heavy (non-hydrogen) atoms. The van der Waals surface area contributed by atoms with Gasteiger partial charge in [0.25, 0.3) is 0 Å². The van der Waals surface area contributed by atoms with E-state index in [-0.39, 0.29) is 11.1 Å². The minimum atomic E-state index is -1.71. The normalized spacial score (nSPS) is 21.0. The summed E-state index contributed by atoms with van der Waals surface area (Å²) in [7, 11) is -3.29. The first-order chi connectivity index (χ1) is 9.32. The van der Waals surface area contributed by atoms with Gasteiger partial charge >= 0.3 is 0 Å². The molecule has 0 saturated carbocycles. The Kier molecular flexibility index (Phi) is 5.73. The van der Waals surface area contributed by atoms with E-state index in [1.165, 1.54) is 12.0 Å². The largest absolute Gasteiger partial charge is 0.545 e. The van der Waals surface area contributed by atoms with Crippen LogP contribution < -0.4 is 0 Å². The molecule has 4 heteroatoms. The third-order valence-electron chi connectivity index (χ3n) is 4.36. The minimum Gasteiger partial charge on any atom is -0.545 e. The van der Waals surface area contributed by atoms with Gasteiger partial charge in [0.05, 0.1) is 11.9 Å². The highest BCUT2D eigenvalue weighted by atomic mass is 28.4. The molecular formula is C17H34O2Si2. The van der Waals surface area contributed by atoms with Crippen LogP contribution in [0, 0.1) is 0 Å². The Morgan fingerprint density at radius 1 is 1.19 bits per heavy atom. The van der Waals surface area contributed by atoms with Crippen molar-refractivity contribution in [2.45, 2.75) is 83.9 Å². The predicted octanol–water partition coefficient (Wildman–Crippen LogP) is 5.85. The second kappa shape index (κ2) is 6.43. The quantitative estimate of drug-likeness (QED) is 0.466. The molecule has 0 fully saturated rings. The Morgan fingerprint density at radius 3 is 2.24 bits per heavy atom. The second-order valence-corrected chi connectivity index (χ2v) is 17.8. The highest BCUT2D eigenvalue weighted by molar-refractivity contribution is 6.74. The van der Waals surface area contributed by atoms with Crippen LogP contribution in [0.5, 0.6) is 0 Å². The van der Waals surface area contributed by atoms with E-state index >= 15 is 0 Å². The van der Waals surface area contributed by atoms with Gasteiger partial charge in [0.15, 0.2) is 8.32 Å². The Hall–Kier alpha value is -0.326. The lowest BCUT2D eigenvalue weighted by molar-refractivity contribution is 0.204. The molecule has 0 bridgehead atoms. The number of hydrogen-bond acceptors (Lipinski definition) is 2. The molecule has 0 unspecified atom stereocenters. The molecule has 122 valence electrons. The SMILES string of the molecule is C=C(O[Si](C)(C)C)C1=C[C@@H](O[Si](C)(C)C(C)(C)C)CCC1.